The lowest BCUT2D eigenvalue weighted by atomic mass is 10.1. The zero-order valence-corrected chi connectivity index (χ0v) is 10.6. The Kier molecular flexibility index (Phi) is 3.04. The van der Waals surface area contributed by atoms with Gasteiger partial charge in [-0.1, -0.05) is 13.8 Å². The van der Waals surface area contributed by atoms with Crippen molar-refractivity contribution in [2.24, 2.45) is 5.92 Å². The van der Waals surface area contributed by atoms with Crippen molar-refractivity contribution in [3.63, 3.8) is 0 Å². The Balaban J connectivity index is 2.56. The van der Waals surface area contributed by atoms with Crippen LogP contribution in [0.15, 0.2) is 27.1 Å². The minimum Gasteiger partial charge on any atom is -0.457 e. The van der Waals surface area contributed by atoms with Crippen LogP contribution < -0.4 is 0 Å². The summed E-state index contributed by atoms with van der Waals surface area (Å²) in [5, 5.41) is 10.5. The Labute approximate surface area is 101 Å². The lowest BCUT2D eigenvalue weighted by molar-refractivity contribution is 0.104. The standard InChI is InChI=1S/C12H12BrFO2/c1-6(2)11(15)10-4-7-3-8(14)5-9(13)12(7)16-10/h3-6,11,15H,1-2H3. The Morgan fingerprint density at radius 2 is 2.00 bits per heavy atom. The number of aliphatic hydroxyl groups is 1. The van der Waals surface area contributed by atoms with E-state index in [0.29, 0.717) is 21.2 Å². The maximum Gasteiger partial charge on any atom is 0.148 e. The Morgan fingerprint density at radius 3 is 2.62 bits per heavy atom. The van der Waals surface area contributed by atoms with Crippen molar-refractivity contribution in [3.05, 3.63) is 34.2 Å². The molecule has 0 bridgehead atoms. The second-order valence-electron chi connectivity index (χ2n) is 4.14. The van der Waals surface area contributed by atoms with Crippen LogP contribution >= 0.6 is 15.9 Å². The SMILES string of the molecule is CC(C)C(O)c1cc2cc(F)cc(Br)c2o1. The lowest BCUT2D eigenvalue weighted by Gasteiger charge is -2.10. The van der Waals surface area contributed by atoms with Gasteiger partial charge in [0.05, 0.1) is 4.47 Å². The highest BCUT2D eigenvalue weighted by Gasteiger charge is 2.18. The second-order valence-corrected chi connectivity index (χ2v) is 5.00. The van der Waals surface area contributed by atoms with E-state index in [4.69, 9.17) is 4.42 Å². The normalized spacial score (nSPS) is 13.6. The number of halogens is 2. The van der Waals surface area contributed by atoms with Crippen LogP contribution in [-0.4, -0.2) is 5.11 Å². The van der Waals surface area contributed by atoms with Gasteiger partial charge >= 0.3 is 0 Å². The molecule has 0 aliphatic carbocycles. The summed E-state index contributed by atoms with van der Waals surface area (Å²) in [6.07, 6.45) is -0.664. The minimum atomic E-state index is -0.664. The van der Waals surface area contributed by atoms with Gasteiger partial charge in [0.2, 0.25) is 0 Å². The van der Waals surface area contributed by atoms with Gasteiger partial charge in [0.25, 0.3) is 0 Å². The number of benzene rings is 1. The molecule has 4 heteroatoms. The minimum absolute atomic E-state index is 0.0594. The summed E-state index contributed by atoms with van der Waals surface area (Å²) in [5.74, 6) is 0.200. The van der Waals surface area contributed by atoms with Crippen LogP contribution in [-0.2, 0) is 0 Å². The van der Waals surface area contributed by atoms with E-state index in [1.54, 1.807) is 6.07 Å². The highest BCUT2D eigenvalue weighted by Crippen LogP contribution is 2.32. The Hall–Kier alpha value is -0.870. The molecule has 86 valence electrons. The van der Waals surface area contributed by atoms with Crippen molar-refractivity contribution < 1.29 is 13.9 Å². The summed E-state index contributed by atoms with van der Waals surface area (Å²) in [5.41, 5.74) is 0.566. The highest BCUT2D eigenvalue weighted by atomic mass is 79.9. The van der Waals surface area contributed by atoms with Gasteiger partial charge in [0.1, 0.15) is 23.3 Å². The summed E-state index contributed by atoms with van der Waals surface area (Å²) in [6.45, 7) is 3.79. The molecule has 1 heterocycles. The van der Waals surface area contributed by atoms with Crippen molar-refractivity contribution >= 4 is 26.9 Å². The third-order valence-electron chi connectivity index (χ3n) is 2.48. The Bertz CT molecular complexity index is 519. The topological polar surface area (TPSA) is 33.4 Å². The van der Waals surface area contributed by atoms with Gasteiger partial charge in [-0.15, -0.1) is 0 Å². The molecule has 1 N–H and O–H groups in total. The van der Waals surface area contributed by atoms with E-state index in [2.05, 4.69) is 15.9 Å². The number of fused-ring (bicyclic) bond motifs is 1. The van der Waals surface area contributed by atoms with E-state index in [1.165, 1.54) is 12.1 Å². The van der Waals surface area contributed by atoms with Crippen LogP contribution in [0.2, 0.25) is 0 Å². The average Bonchev–Trinajstić information content (AvgIpc) is 2.60. The molecule has 1 unspecified atom stereocenters. The molecular formula is C12H12BrFO2. The predicted octanol–water partition coefficient (Wildman–Crippen LogP) is 4.02. The summed E-state index contributed by atoms with van der Waals surface area (Å²) in [7, 11) is 0. The third kappa shape index (κ3) is 1.99. The predicted molar refractivity (Wildman–Crippen MR) is 63.7 cm³/mol. The molecule has 0 radical (unpaired) electrons. The number of aliphatic hydroxyl groups excluding tert-OH is 1. The molecule has 1 aromatic heterocycles. The lowest BCUT2D eigenvalue weighted by Crippen LogP contribution is -2.03. The number of hydrogen-bond acceptors (Lipinski definition) is 2. The maximum absolute atomic E-state index is 13.1. The second kappa shape index (κ2) is 4.18. The smallest absolute Gasteiger partial charge is 0.148 e. The fourth-order valence-electron chi connectivity index (χ4n) is 1.57. The van der Waals surface area contributed by atoms with Crippen LogP contribution in [0.25, 0.3) is 11.0 Å². The van der Waals surface area contributed by atoms with Crippen molar-refractivity contribution in [1.82, 2.24) is 0 Å². The van der Waals surface area contributed by atoms with E-state index < -0.39 is 6.10 Å². The van der Waals surface area contributed by atoms with Crippen LogP contribution in [0.4, 0.5) is 4.39 Å². The molecule has 0 spiro atoms. The molecule has 2 aromatic rings. The highest BCUT2D eigenvalue weighted by molar-refractivity contribution is 9.10. The van der Waals surface area contributed by atoms with Crippen LogP contribution in [0, 0.1) is 11.7 Å². The van der Waals surface area contributed by atoms with Gasteiger partial charge in [-0.25, -0.2) is 4.39 Å². The fraction of sp³-hybridized carbons (Fsp3) is 0.333. The monoisotopic (exact) mass is 286 g/mol. The van der Waals surface area contributed by atoms with Crippen LogP contribution in [0.3, 0.4) is 0 Å². The Morgan fingerprint density at radius 1 is 1.31 bits per heavy atom. The summed E-state index contributed by atoms with van der Waals surface area (Å²) in [4.78, 5) is 0. The third-order valence-corrected chi connectivity index (χ3v) is 3.07. The molecule has 1 atom stereocenters. The van der Waals surface area contributed by atoms with Crippen molar-refractivity contribution in [2.45, 2.75) is 20.0 Å². The van der Waals surface area contributed by atoms with Gasteiger partial charge in [0, 0.05) is 5.39 Å². The van der Waals surface area contributed by atoms with Gasteiger partial charge in [0.15, 0.2) is 0 Å². The van der Waals surface area contributed by atoms with Crippen LogP contribution in [0.5, 0.6) is 0 Å². The number of furan rings is 1. The zero-order valence-electron chi connectivity index (χ0n) is 9.00. The first kappa shape index (κ1) is 11.6. The summed E-state index contributed by atoms with van der Waals surface area (Å²) in [6, 6.07) is 4.41. The molecule has 0 aliphatic heterocycles. The van der Waals surface area contributed by atoms with Gasteiger partial charge in [-0.05, 0) is 40.0 Å². The zero-order chi connectivity index (χ0) is 11.9. The van der Waals surface area contributed by atoms with Gasteiger partial charge in [-0.2, -0.15) is 0 Å². The van der Waals surface area contributed by atoms with Crippen molar-refractivity contribution in [3.8, 4) is 0 Å². The largest absolute Gasteiger partial charge is 0.457 e. The van der Waals surface area contributed by atoms with E-state index in [9.17, 15) is 9.50 Å². The number of hydrogen-bond donors (Lipinski definition) is 1. The molecule has 0 fully saturated rings. The molecule has 0 aliphatic rings. The molecule has 0 amide bonds. The van der Waals surface area contributed by atoms with Crippen molar-refractivity contribution in [1.29, 1.82) is 0 Å². The van der Waals surface area contributed by atoms with E-state index >= 15 is 0 Å². The van der Waals surface area contributed by atoms with Crippen molar-refractivity contribution in [2.75, 3.05) is 0 Å². The first-order chi connectivity index (χ1) is 7.49. The number of rotatable bonds is 2. The maximum atomic E-state index is 13.1. The first-order valence-corrected chi connectivity index (χ1v) is 5.85. The molecule has 0 saturated carbocycles. The summed E-state index contributed by atoms with van der Waals surface area (Å²) >= 11 is 3.23. The molecular weight excluding hydrogens is 275 g/mol. The van der Waals surface area contributed by atoms with E-state index in [1.807, 2.05) is 13.8 Å². The molecule has 0 saturated heterocycles. The molecule has 16 heavy (non-hydrogen) atoms. The van der Waals surface area contributed by atoms with E-state index in [0.717, 1.165) is 0 Å². The molecule has 2 rings (SSSR count). The molecule has 2 nitrogen and oxygen atoms in total. The van der Waals surface area contributed by atoms with Gasteiger partial charge in [-0.3, -0.25) is 0 Å². The molecule has 1 aromatic carbocycles. The van der Waals surface area contributed by atoms with Gasteiger partial charge < -0.3 is 9.52 Å². The quantitative estimate of drug-likeness (QED) is 0.904. The first-order valence-electron chi connectivity index (χ1n) is 5.05. The fourth-order valence-corrected chi connectivity index (χ4v) is 2.10. The average molecular weight is 287 g/mol. The van der Waals surface area contributed by atoms with E-state index in [-0.39, 0.29) is 11.7 Å². The summed E-state index contributed by atoms with van der Waals surface area (Å²) < 4.78 is 19.2. The van der Waals surface area contributed by atoms with Crippen LogP contribution in [0.1, 0.15) is 25.7 Å².